The van der Waals surface area contributed by atoms with Crippen LogP contribution >= 0.6 is 39.1 Å². The quantitative estimate of drug-likeness (QED) is 0.706. The second kappa shape index (κ2) is 6.42. The van der Waals surface area contributed by atoms with Crippen molar-refractivity contribution >= 4 is 45.4 Å². The van der Waals surface area contributed by atoms with Gasteiger partial charge in [-0.2, -0.15) is 0 Å². The smallest absolute Gasteiger partial charge is 0.151 e. The molecule has 0 aliphatic heterocycles. The SMILES string of the molecule is O=Cc1cc(OCc2ccc(Cl)cc2Cl)ccc1Br. The Labute approximate surface area is 129 Å². The number of hydrogen-bond acceptors (Lipinski definition) is 2. The first-order valence-corrected chi connectivity index (χ1v) is 6.96. The summed E-state index contributed by atoms with van der Waals surface area (Å²) in [5.74, 6) is 0.608. The number of carbonyl (C=O) groups is 1. The van der Waals surface area contributed by atoms with E-state index in [1.807, 2.05) is 6.07 Å². The van der Waals surface area contributed by atoms with Gasteiger partial charge in [0.05, 0.1) is 0 Å². The normalized spacial score (nSPS) is 10.3. The maximum Gasteiger partial charge on any atom is 0.151 e. The summed E-state index contributed by atoms with van der Waals surface area (Å²) in [6.07, 6.45) is 0.770. The van der Waals surface area contributed by atoms with Crippen LogP contribution in [0.25, 0.3) is 0 Å². The second-order valence-corrected chi connectivity index (χ2v) is 5.52. The molecule has 0 fully saturated rings. The number of halogens is 3. The van der Waals surface area contributed by atoms with Crippen LogP contribution in [0.2, 0.25) is 10.0 Å². The molecule has 0 aliphatic carbocycles. The Morgan fingerprint density at radius 1 is 1.16 bits per heavy atom. The third kappa shape index (κ3) is 3.72. The molecule has 98 valence electrons. The number of hydrogen-bond donors (Lipinski definition) is 0. The lowest BCUT2D eigenvalue weighted by molar-refractivity contribution is 0.112. The molecule has 0 radical (unpaired) electrons. The highest BCUT2D eigenvalue weighted by atomic mass is 79.9. The van der Waals surface area contributed by atoms with Gasteiger partial charge in [-0.25, -0.2) is 0 Å². The molecule has 0 unspecified atom stereocenters. The minimum absolute atomic E-state index is 0.315. The molecule has 2 rings (SSSR count). The predicted octanol–water partition coefficient (Wildman–Crippen LogP) is 5.15. The topological polar surface area (TPSA) is 26.3 Å². The molecule has 2 nitrogen and oxygen atoms in total. The van der Waals surface area contributed by atoms with Crippen molar-refractivity contribution in [1.82, 2.24) is 0 Å². The number of ether oxygens (including phenoxy) is 1. The highest BCUT2D eigenvalue weighted by Gasteiger charge is 2.04. The Bertz CT molecular complexity index is 614. The molecule has 0 N–H and O–H groups in total. The maximum atomic E-state index is 10.8. The van der Waals surface area contributed by atoms with Gasteiger partial charge in [-0.1, -0.05) is 45.2 Å². The molecule has 0 aromatic heterocycles. The molecule has 2 aromatic carbocycles. The average molecular weight is 360 g/mol. The Morgan fingerprint density at radius 3 is 2.63 bits per heavy atom. The molecule has 0 saturated heterocycles. The molecule has 0 spiro atoms. The van der Waals surface area contributed by atoms with Crippen molar-refractivity contribution in [2.75, 3.05) is 0 Å². The maximum absolute atomic E-state index is 10.8. The van der Waals surface area contributed by atoms with Gasteiger partial charge in [0.1, 0.15) is 12.4 Å². The van der Waals surface area contributed by atoms with Gasteiger partial charge >= 0.3 is 0 Å². The molecule has 0 saturated carbocycles. The van der Waals surface area contributed by atoms with E-state index in [2.05, 4.69) is 15.9 Å². The number of carbonyl (C=O) groups excluding carboxylic acids is 1. The zero-order valence-electron chi connectivity index (χ0n) is 9.70. The fraction of sp³-hybridized carbons (Fsp3) is 0.0714. The van der Waals surface area contributed by atoms with Crippen LogP contribution in [-0.4, -0.2) is 6.29 Å². The predicted molar refractivity (Wildman–Crippen MR) is 80.3 cm³/mol. The lowest BCUT2D eigenvalue weighted by Crippen LogP contribution is -1.97. The molecule has 5 heteroatoms. The van der Waals surface area contributed by atoms with Gasteiger partial charge in [0, 0.05) is 25.6 Å². The van der Waals surface area contributed by atoms with Crippen molar-refractivity contribution in [3.05, 3.63) is 62.0 Å². The fourth-order valence-corrected chi connectivity index (χ4v) is 2.30. The van der Waals surface area contributed by atoms with E-state index in [1.165, 1.54) is 0 Å². The van der Waals surface area contributed by atoms with Crippen molar-refractivity contribution in [3.8, 4) is 5.75 Å². The summed E-state index contributed by atoms with van der Waals surface area (Å²) in [5.41, 5.74) is 1.38. The van der Waals surface area contributed by atoms with Crippen LogP contribution in [0.1, 0.15) is 15.9 Å². The van der Waals surface area contributed by atoms with E-state index in [0.717, 1.165) is 16.3 Å². The van der Waals surface area contributed by atoms with Crippen molar-refractivity contribution in [2.24, 2.45) is 0 Å². The van der Waals surface area contributed by atoms with Crippen LogP contribution in [0.3, 0.4) is 0 Å². The van der Waals surface area contributed by atoms with Crippen LogP contribution in [-0.2, 0) is 6.61 Å². The van der Waals surface area contributed by atoms with Crippen LogP contribution < -0.4 is 4.74 Å². The van der Waals surface area contributed by atoms with Gasteiger partial charge in [0.2, 0.25) is 0 Å². The Balaban J connectivity index is 2.12. The summed E-state index contributed by atoms with van der Waals surface area (Å²) in [6, 6.07) is 10.4. The largest absolute Gasteiger partial charge is 0.489 e. The summed E-state index contributed by atoms with van der Waals surface area (Å²) < 4.78 is 6.34. The van der Waals surface area contributed by atoms with Crippen LogP contribution in [0.15, 0.2) is 40.9 Å². The summed E-state index contributed by atoms with van der Waals surface area (Å²) in [4.78, 5) is 10.8. The van der Waals surface area contributed by atoms with Crippen molar-refractivity contribution in [3.63, 3.8) is 0 Å². The molecular weight excluding hydrogens is 351 g/mol. The molecule has 2 aromatic rings. The molecule has 19 heavy (non-hydrogen) atoms. The fourth-order valence-electron chi connectivity index (χ4n) is 1.50. The van der Waals surface area contributed by atoms with E-state index in [9.17, 15) is 4.79 Å². The van der Waals surface area contributed by atoms with Crippen molar-refractivity contribution in [1.29, 1.82) is 0 Å². The zero-order valence-corrected chi connectivity index (χ0v) is 12.8. The molecule has 0 bridgehead atoms. The molecule has 0 heterocycles. The van der Waals surface area contributed by atoms with E-state index in [-0.39, 0.29) is 0 Å². The van der Waals surface area contributed by atoms with E-state index in [4.69, 9.17) is 27.9 Å². The minimum atomic E-state index is 0.315. The van der Waals surface area contributed by atoms with Crippen LogP contribution in [0, 0.1) is 0 Å². The molecule has 0 aliphatic rings. The summed E-state index contributed by atoms with van der Waals surface area (Å²) in [7, 11) is 0. The Morgan fingerprint density at radius 2 is 1.95 bits per heavy atom. The number of benzene rings is 2. The van der Waals surface area contributed by atoms with Crippen LogP contribution in [0.5, 0.6) is 5.75 Å². The molecule has 0 atom stereocenters. The van der Waals surface area contributed by atoms with E-state index < -0.39 is 0 Å². The first-order valence-electron chi connectivity index (χ1n) is 5.41. The zero-order chi connectivity index (χ0) is 13.8. The van der Waals surface area contributed by atoms with Gasteiger partial charge < -0.3 is 4.74 Å². The lowest BCUT2D eigenvalue weighted by Gasteiger charge is -2.09. The van der Waals surface area contributed by atoms with Crippen molar-refractivity contribution < 1.29 is 9.53 Å². The van der Waals surface area contributed by atoms with Gasteiger partial charge in [0.25, 0.3) is 0 Å². The average Bonchev–Trinajstić information content (AvgIpc) is 2.39. The van der Waals surface area contributed by atoms with Gasteiger partial charge in [0.15, 0.2) is 6.29 Å². The van der Waals surface area contributed by atoms with Crippen molar-refractivity contribution in [2.45, 2.75) is 6.61 Å². The summed E-state index contributed by atoms with van der Waals surface area (Å²) in [5, 5.41) is 1.14. The van der Waals surface area contributed by atoms with Crippen LogP contribution in [0.4, 0.5) is 0 Å². The first kappa shape index (κ1) is 14.4. The Hall–Kier alpha value is -1.03. The lowest BCUT2D eigenvalue weighted by atomic mass is 10.2. The van der Waals surface area contributed by atoms with Gasteiger partial charge in [-0.3, -0.25) is 4.79 Å². The van der Waals surface area contributed by atoms with Gasteiger partial charge in [-0.15, -0.1) is 0 Å². The third-order valence-corrected chi connectivity index (χ3v) is 3.81. The van der Waals surface area contributed by atoms with E-state index in [1.54, 1.807) is 30.3 Å². The number of rotatable bonds is 4. The molecule has 0 amide bonds. The second-order valence-electron chi connectivity index (χ2n) is 3.83. The highest BCUT2D eigenvalue weighted by molar-refractivity contribution is 9.10. The summed E-state index contributed by atoms with van der Waals surface area (Å²) >= 11 is 15.2. The monoisotopic (exact) mass is 358 g/mol. The highest BCUT2D eigenvalue weighted by Crippen LogP contribution is 2.25. The Kier molecular flexibility index (Phi) is 4.86. The number of aldehydes is 1. The van der Waals surface area contributed by atoms with E-state index >= 15 is 0 Å². The standard InChI is InChI=1S/C14H9BrCl2O2/c15-13-4-3-12(5-10(13)7-18)19-8-9-1-2-11(16)6-14(9)17/h1-7H,8H2. The molecular formula is C14H9BrCl2O2. The van der Waals surface area contributed by atoms with Gasteiger partial charge in [-0.05, 0) is 30.3 Å². The minimum Gasteiger partial charge on any atom is -0.489 e. The third-order valence-electron chi connectivity index (χ3n) is 2.50. The van der Waals surface area contributed by atoms with E-state index in [0.29, 0.717) is 28.0 Å². The first-order chi connectivity index (χ1) is 9.10. The summed E-state index contributed by atoms with van der Waals surface area (Å²) in [6.45, 7) is 0.315.